The lowest BCUT2D eigenvalue weighted by Gasteiger charge is -2.32. The first-order valence-corrected chi connectivity index (χ1v) is 14.6. The number of carbonyl (C=O) groups excluding carboxylic acids is 2. The number of hydrogen-bond donors (Lipinski definition) is 1. The SMILES string of the molecule is CC[C@@H](C)NC(=O)[C@@H](CC)N(Cc1ccccc1)C(=O)CCCN(c1cc(Cl)ccc1C)S(C)(=O)=O. The summed E-state index contributed by atoms with van der Waals surface area (Å²) < 4.78 is 26.4. The van der Waals surface area contributed by atoms with Gasteiger partial charge in [-0.1, -0.05) is 61.8 Å². The van der Waals surface area contributed by atoms with Crippen LogP contribution < -0.4 is 9.62 Å². The topological polar surface area (TPSA) is 86.8 Å². The van der Waals surface area contributed by atoms with Gasteiger partial charge in [-0.05, 0) is 56.4 Å². The maximum atomic E-state index is 13.5. The number of halogens is 1. The number of nitrogens with one attached hydrogen (secondary N) is 1. The predicted octanol–water partition coefficient (Wildman–Crippen LogP) is 4.92. The molecule has 2 rings (SSSR count). The van der Waals surface area contributed by atoms with E-state index in [0.717, 1.165) is 23.8 Å². The van der Waals surface area contributed by atoms with Crippen LogP contribution in [0.2, 0.25) is 5.02 Å². The van der Waals surface area contributed by atoms with E-state index in [2.05, 4.69) is 5.32 Å². The molecule has 0 spiro atoms. The molecule has 0 aliphatic rings. The Balaban J connectivity index is 2.23. The van der Waals surface area contributed by atoms with Gasteiger partial charge in [-0.3, -0.25) is 13.9 Å². The molecular weight excluding hydrogens is 498 g/mol. The van der Waals surface area contributed by atoms with E-state index in [1.165, 1.54) is 4.31 Å². The molecule has 9 heteroatoms. The Morgan fingerprint density at radius 2 is 1.72 bits per heavy atom. The second-order valence-corrected chi connectivity index (χ2v) is 11.5. The summed E-state index contributed by atoms with van der Waals surface area (Å²) in [6.45, 7) is 8.06. The third-order valence-corrected chi connectivity index (χ3v) is 7.59. The second-order valence-electron chi connectivity index (χ2n) is 9.12. The van der Waals surface area contributed by atoms with Crippen molar-refractivity contribution in [1.82, 2.24) is 10.2 Å². The average molecular weight is 536 g/mol. The lowest BCUT2D eigenvalue weighted by molar-refractivity contribution is -0.141. The molecule has 1 N–H and O–H groups in total. The summed E-state index contributed by atoms with van der Waals surface area (Å²) in [5, 5.41) is 3.43. The fraction of sp³-hybridized carbons (Fsp3) is 0.481. The van der Waals surface area contributed by atoms with E-state index in [9.17, 15) is 18.0 Å². The number of anilines is 1. The number of nitrogens with zero attached hydrogens (tertiary/aromatic N) is 2. The van der Waals surface area contributed by atoms with Gasteiger partial charge in [-0.15, -0.1) is 0 Å². The molecule has 0 heterocycles. The average Bonchev–Trinajstić information content (AvgIpc) is 2.83. The molecule has 198 valence electrons. The van der Waals surface area contributed by atoms with Crippen LogP contribution in [0.15, 0.2) is 48.5 Å². The zero-order valence-corrected chi connectivity index (χ0v) is 23.4. The summed E-state index contributed by atoms with van der Waals surface area (Å²) in [7, 11) is -3.59. The summed E-state index contributed by atoms with van der Waals surface area (Å²) in [5.74, 6) is -0.371. The number of rotatable bonds is 13. The normalized spacial score (nSPS) is 13.1. The van der Waals surface area contributed by atoms with E-state index < -0.39 is 16.1 Å². The van der Waals surface area contributed by atoms with E-state index in [-0.39, 0.29) is 30.8 Å². The molecule has 0 aliphatic carbocycles. The first-order valence-electron chi connectivity index (χ1n) is 12.4. The number of hydrogen-bond acceptors (Lipinski definition) is 4. The van der Waals surface area contributed by atoms with Crippen molar-refractivity contribution in [3.8, 4) is 0 Å². The monoisotopic (exact) mass is 535 g/mol. The summed E-state index contributed by atoms with van der Waals surface area (Å²) in [6, 6.07) is 14.0. The van der Waals surface area contributed by atoms with E-state index in [0.29, 0.717) is 30.1 Å². The van der Waals surface area contributed by atoms with E-state index in [4.69, 9.17) is 11.6 Å². The Bertz CT molecular complexity index is 1130. The van der Waals surface area contributed by atoms with Crippen LogP contribution >= 0.6 is 11.6 Å². The summed E-state index contributed by atoms with van der Waals surface area (Å²) in [5.41, 5.74) is 2.19. The zero-order valence-electron chi connectivity index (χ0n) is 21.8. The van der Waals surface area contributed by atoms with Gasteiger partial charge in [0, 0.05) is 30.6 Å². The predicted molar refractivity (Wildman–Crippen MR) is 147 cm³/mol. The molecule has 0 radical (unpaired) electrons. The molecule has 0 fully saturated rings. The van der Waals surface area contributed by atoms with Crippen LogP contribution in [0.4, 0.5) is 5.69 Å². The quantitative estimate of drug-likeness (QED) is 0.394. The van der Waals surface area contributed by atoms with Crippen LogP contribution in [-0.2, 0) is 26.2 Å². The van der Waals surface area contributed by atoms with Crippen LogP contribution in [0.3, 0.4) is 0 Å². The Hall–Kier alpha value is -2.58. The largest absolute Gasteiger partial charge is 0.352 e. The van der Waals surface area contributed by atoms with Crippen LogP contribution in [0.5, 0.6) is 0 Å². The number of sulfonamides is 1. The molecule has 2 aromatic carbocycles. The van der Waals surface area contributed by atoms with E-state index in [1.807, 2.05) is 58.0 Å². The number of aryl methyl sites for hydroxylation is 1. The van der Waals surface area contributed by atoms with Crippen molar-refractivity contribution in [2.75, 3.05) is 17.1 Å². The molecular formula is C27H38ClN3O4S. The van der Waals surface area contributed by atoms with Gasteiger partial charge in [-0.25, -0.2) is 8.42 Å². The third kappa shape index (κ3) is 8.52. The lowest BCUT2D eigenvalue weighted by Crippen LogP contribution is -2.50. The van der Waals surface area contributed by atoms with Gasteiger partial charge in [0.15, 0.2) is 0 Å². The maximum absolute atomic E-state index is 13.5. The molecule has 0 bridgehead atoms. The van der Waals surface area contributed by atoms with Crippen LogP contribution in [-0.4, -0.2) is 50.0 Å². The van der Waals surface area contributed by atoms with Crippen LogP contribution in [0.25, 0.3) is 0 Å². The van der Waals surface area contributed by atoms with Crippen molar-refractivity contribution in [2.24, 2.45) is 0 Å². The lowest BCUT2D eigenvalue weighted by atomic mass is 10.1. The minimum atomic E-state index is -3.59. The van der Waals surface area contributed by atoms with Gasteiger partial charge < -0.3 is 10.2 Å². The Morgan fingerprint density at radius 3 is 2.31 bits per heavy atom. The highest BCUT2D eigenvalue weighted by Gasteiger charge is 2.29. The van der Waals surface area contributed by atoms with Crippen molar-refractivity contribution >= 4 is 39.1 Å². The molecule has 2 aromatic rings. The minimum Gasteiger partial charge on any atom is -0.352 e. The first kappa shape index (κ1) is 29.6. The Kier molecular flexibility index (Phi) is 11.2. The standard InChI is InChI=1S/C27H38ClN3O4S/c1-6-21(4)29-27(33)24(7-2)30(19-22-12-9-8-10-13-22)26(32)14-11-17-31(36(5,34)35)25-18-23(28)16-15-20(25)3/h8-10,12-13,15-16,18,21,24H,6-7,11,14,17,19H2,1-5H3,(H,29,33)/t21-,24-/m1/s1. The number of amides is 2. The molecule has 0 aromatic heterocycles. The molecule has 0 saturated carbocycles. The summed E-state index contributed by atoms with van der Waals surface area (Å²) in [4.78, 5) is 28.1. The van der Waals surface area contributed by atoms with Gasteiger partial charge in [0.25, 0.3) is 0 Å². The van der Waals surface area contributed by atoms with Crippen LogP contribution in [0.1, 0.15) is 57.6 Å². The maximum Gasteiger partial charge on any atom is 0.243 e. The highest BCUT2D eigenvalue weighted by Crippen LogP contribution is 2.27. The summed E-state index contributed by atoms with van der Waals surface area (Å²) >= 11 is 6.12. The minimum absolute atomic E-state index is 0.00415. The van der Waals surface area contributed by atoms with Crippen molar-refractivity contribution in [3.63, 3.8) is 0 Å². The fourth-order valence-corrected chi connectivity index (χ4v) is 5.16. The summed E-state index contributed by atoms with van der Waals surface area (Å²) in [6.07, 6.45) is 2.80. The van der Waals surface area contributed by atoms with E-state index in [1.54, 1.807) is 23.1 Å². The third-order valence-electron chi connectivity index (χ3n) is 6.17. The molecule has 7 nitrogen and oxygen atoms in total. The van der Waals surface area contributed by atoms with Gasteiger partial charge in [0.05, 0.1) is 11.9 Å². The van der Waals surface area contributed by atoms with Crippen molar-refractivity contribution < 1.29 is 18.0 Å². The van der Waals surface area contributed by atoms with Gasteiger partial charge in [0.1, 0.15) is 6.04 Å². The molecule has 2 amide bonds. The van der Waals surface area contributed by atoms with Crippen molar-refractivity contribution in [2.45, 2.75) is 72.0 Å². The second kappa shape index (κ2) is 13.7. The highest BCUT2D eigenvalue weighted by molar-refractivity contribution is 7.92. The van der Waals surface area contributed by atoms with Crippen molar-refractivity contribution in [3.05, 3.63) is 64.7 Å². The molecule has 36 heavy (non-hydrogen) atoms. The number of benzene rings is 2. The zero-order chi connectivity index (χ0) is 26.9. The van der Waals surface area contributed by atoms with Crippen molar-refractivity contribution in [1.29, 1.82) is 0 Å². The van der Waals surface area contributed by atoms with Gasteiger partial charge in [-0.2, -0.15) is 0 Å². The smallest absolute Gasteiger partial charge is 0.243 e. The first-order chi connectivity index (χ1) is 17.0. The van der Waals surface area contributed by atoms with Gasteiger partial charge >= 0.3 is 0 Å². The Labute approximate surface area is 220 Å². The fourth-order valence-electron chi connectivity index (χ4n) is 3.97. The van der Waals surface area contributed by atoms with Gasteiger partial charge in [0.2, 0.25) is 21.8 Å². The number of carbonyl (C=O) groups is 2. The Morgan fingerprint density at radius 1 is 1.06 bits per heavy atom. The molecule has 0 unspecified atom stereocenters. The molecule has 0 aliphatic heterocycles. The van der Waals surface area contributed by atoms with Crippen LogP contribution in [0, 0.1) is 6.92 Å². The van der Waals surface area contributed by atoms with E-state index >= 15 is 0 Å². The highest BCUT2D eigenvalue weighted by atomic mass is 35.5. The molecule has 0 saturated heterocycles. The molecule has 2 atom stereocenters.